The minimum Gasteiger partial charge on any atom is -0.494 e. The van der Waals surface area contributed by atoms with Gasteiger partial charge in [-0.15, -0.1) is 0 Å². The van der Waals surface area contributed by atoms with E-state index in [0.717, 1.165) is 38.3 Å². The van der Waals surface area contributed by atoms with E-state index in [1.807, 2.05) is 6.07 Å². The fraction of sp³-hybridized carbons (Fsp3) is 0.647. The second-order valence-electron chi connectivity index (χ2n) is 5.69. The Labute approximate surface area is 123 Å². The molecule has 3 nitrogen and oxygen atoms in total. The number of nitrogens with two attached hydrogens (primary N) is 1. The summed E-state index contributed by atoms with van der Waals surface area (Å²) in [5, 5.41) is 0. The van der Waals surface area contributed by atoms with Crippen LogP contribution in [-0.4, -0.2) is 30.6 Å². The van der Waals surface area contributed by atoms with E-state index in [1.54, 1.807) is 0 Å². The Morgan fingerprint density at radius 1 is 1.35 bits per heavy atom. The summed E-state index contributed by atoms with van der Waals surface area (Å²) in [6.45, 7) is 5.94. The van der Waals surface area contributed by atoms with Gasteiger partial charge in [-0.25, -0.2) is 0 Å². The molecule has 1 saturated heterocycles. The zero-order valence-electron chi connectivity index (χ0n) is 12.7. The smallest absolute Gasteiger partial charge is 0.119 e. The van der Waals surface area contributed by atoms with Crippen molar-refractivity contribution in [2.24, 2.45) is 5.73 Å². The summed E-state index contributed by atoms with van der Waals surface area (Å²) in [4.78, 5) is 2.59. The molecule has 1 aliphatic rings. The van der Waals surface area contributed by atoms with Crippen LogP contribution in [0, 0.1) is 0 Å². The molecule has 0 amide bonds. The molecule has 1 fully saturated rings. The van der Waals surface area contributed by atoms with Crippen LogP contribution >= 0.6 is 0 Å². The Hall–Kier alpha value is -1.06. The van der Waals surface area contributed by atoms with Crippen molar-refractivity contribution in [1.82, 2.24) is 4.90 Å². The standard InChI is InChI=1S/C17H28N2O/c1-2-12-20-17-8-5-6-15(13-17)14-19-11-4-3-7-16(19)9-10-18/h5-6,8,13,16H,2-4,7,9-12,14,18H2,1H3. The summed E-state index contributed by atoms with van der Waals surface area (Å²) in [5.41, 5.74) is 7.10. The van der Waals surface area contributed by atoms with Gasteiger partial charge in [0.05, 0.1) is 6.61 Å². The van der Waals surface area contributed by atoms with Gasteiger partial charge >= 0.3 is 0 Å². The largest absolute Gasteiger partial charge is 0.494 e. The maximum atomic E-state index is 5.75. The lowest BCUT2D eigenvalue weighted by molar-refractivity contribution is 0.134. The first-order valence-electron chi connectivity index (χ1n) is 7.99. The number of rotatable bonds is 7. The van der Waals surface area contributed by atoms with Gasteiger partial charge in [-0.1, -0.05) is 25.5 Å². The van der Waals surface area contributed by atoms with E-state index >= 15 is 0 Å². The first kappa shape index (κ1) is 15.3. The summed E-state index contributed by atoms with van der Waals surface area (Å²) in [6.07, 6.45) is 6.12. The normalized spacial score (nSPS) is 20.0. The van der Waals surface area contributed by atoms with Crippen LogP contribution in [0.5, 0.6) is 5.75 Å². The summed E-state index contributed by atoms with van der Waals surface area (Å²) >= 11 is 0. The third kappa shape index (κ3) is 4.50. The maximum absolute atomic E-state index is 5.75. The lowest BCUT2D eigenvalue weighted by Gasteiger charge is -2.35. The molecule has 1 aromatic carbocycles. The number of likely N-dealkylation sites (tertiary alicyclic amines) is 1. The molecule has 1 unspecified atom stereocenters. The molecule has 1 atom stereocenters. The molecule has 0 saturated carbocycles. The average Bonchev–Trinajstić information content (AvgIpc) is 2.48. The van der Waals surface area contributed by atoms with Gasteiger partial charge < -0.3 is 10.5 Å². The molecule has 0 aliphatic carbocycles. The molecule has 20 heavy (non-hydrogen) atoms. The van der Waals surface area contributed by atoms with Crippen LogP contribution in [0.4, 0.5) is 0 Å². The van der Waals surface area contributed by atoms with Crippen LogP contribution in [0.3, 0.4) is 0 Å². The van der Waals surface area contributed by atoms with Crippen molar-refractivity contribution < 1.29 is 4.74 Å². The third-order valence-corrected chi connectivity index (χ3v) is 4.01. The van der Waals surface area contributed by atoms with Gasteiger partial charge in [0.2, 0.25) is 0 Å². The van der Waals surface area contributed by atoms with Crippen molar-refractivity contribution in [2.45, 2.75) is 51.6 Å². The summed E-state index contributed by atoms with van der Waals surface area (Å²) in [7, 11) is 0. The quantitative estimate of drug-likeness (QED) is 0.831. The van der Waals surface area contributed by atoms with Gasteiger partial charge in [0.15, 0.2) is 0 Å². The zero-order chi connectivity index (χ0) is 14.2. The lowest BCUT2D eigenvalue weighted by Crippen LogP contribution is -2.40. The Bertz CT molecular complexity index is 392. The fourth-order valence-corrected chi connectivity index (χ4v) is 2.98. The van der Waals surface area contributed by atoms with Crippen LogP contribution in [0.1, 0.15) is 44.6 Å². The number of hydrogen-bond acceptors (Lipinski definition) is 3. The minimum atomic E-state index is 0.661. The lowest BCUT2D eigenvalue weighted by atomic mass is 9.98. The number of hydrogen-bond donors (Lipinski definition) is 1. The van der Waals surface area contributed by atoms with Gasteiger partial charge in [-0.05, 0) is 56.5 Å². The number of nitrogens with zero attached hydrogens (tertiary/aromatic N) is 1. The predicted molar refractivity (Wildman–Crippen MR) is 83.9 cm³/mol. The second-order valence-corrected chi connectivity index (χ2v) is 5.69. The zero-order valence-corrected chi connectivity index (χ0v) is 12.7. The molecular formula is C17H28N2O. The van der Waals surface area contributed by atoms with E-state index in [9.17, 15) is 0 Å². The number of benzene rings is 1. The first-order chi connectivity index (χ1) is 9.83. The van der Waals surface area contributed by atoms with Crippen LogP contribution < -0.4 is 10.5 Å². The Balaban J connectivity index is 1.96. The second kappa shape index (κ2) is 8.28. The molecule has 1 aliphatic heterocycles. The highest BCUT2D eigenvalue weighted by atomic mass is 16.5. The van der Waals surface area contributed by atoms with Gasteiger partial charge in [-0.2, -0.15) is 0 Å². The Morgan fingerprint density at radius 2 is 2.25 bits per heavy atom. The fourth-order valence-electron chi connectivity index (χ4n) is 2.98. The SMILES string of the molecule is CCCOc1cccc(CN2CCCCC2CCN)c1. The number of ether oxygens (including phenoxy) is 1. The maximum Gasteiger partial charge on any atom is 0.119 e. The van der Waals surface area contributed by atoms with Crippen LogP contribution in [0.2, 0.25) is 0 Å². The van der Waals surface area contributed by atoms with Crippen molar-refractivity contribution in [3.05, 3.63) is 29.8 Å². The average molecular weight is 276 g/mol. The van der Waals surface area contributed by atoms with Crippen molar-refractivity contribution in [2.75, 3.05) is 19.7 Å². The summed E-state index contributed by atoms with van der Waals surface area (Å²) < 4.78 is 5.72. The predicted octanol–water partition coefficient (Wildman–Crippen LogP) is 3.18. The van der Waals surface area contributed by atoms with Crippen molar-refractivity contribution >= 4 is 0 Å². The molecule has 0 radical (unpaired) electrons. The number of piperidine rings is 1. The van der Waals surface area contributed by atoms with E-state index in [1.165, 1.54) is 31.4 Å². The molecule has 3 heteroatoms. The topological polar surface area (TPSA) is 38.5 Å². The molecular weight excluding hydrogens is 248 g/mol. The Kier molecular flexibility index (Phi) is 6.34. The van der Waals surface area contributed by atoms with Crippen LogP contribution in [-0.2, 0) is 6.54 Å². The molecule has 2 rings (SSSR count). The Morgan fingerprint density at radius 3 is 3.05 bits per heavy atom. The monoisotopic (exact) mass is 276 g/mol. The highest BCUT2D eigenvalue weighted by molar-refractivity contribution is 5.28. The van der Waals surface area contributed by atoms with E-state index < -0.39 is 0 Å². The molecule has 0 aromatic heterocycles. The summed E-state index contributed by atoms with van der Waals surface area (Å²) in [5.74, 6) is 0.997. The summed E-state index contributed by atoms with van der Waals surface area (Å²) in [6, 6.07) is 9.19. The van der Waals surface area contributed by atoms with Gasteiger partial charge in [0, 0.05) is 12.6 Å². The molecule has 0 spiro atoms. The highest BCUT2D eigenvalue weighted by Gasteiger charge is 2.21. The third-order valence-electron chi connectivity index (χ3n) is 4.01. The van der Waals surface area contributed by atoms with Crippen molar-refractivity contribution in [3.8, 4) is 5.75 Å². The van der Waals surface area contributed by atoms with Crippen molar-refractivity contribution in [1.29, 1.82) is 0 Å². The minimum absolute atomic E-state index is 0.661. The van der Waals surface area contributed by atoms with Gasteiger partial charge in [0.1, 0.15) is 5.75 Å². The van der Waals surface area contributed by atoms with Gasteiger partial charge in [-0.3, -0.25) is 4.90 Å². The van der Waals surface area contributed by atoms with E-state index in [2.05, 4.69) is 30.0 Å². The van der Waals surface area contributed by atoms with E-state index in [4.69, 9.17) is 10.5 Å². The van der Waals surface area contributed by atoms with E-state index in [-0.39, 0.29) is 0 Å². The molecule has 1 heterocycles. The van der Waals surface area contributed by atoms with Crippen LogP contribution in [0.15, 0.2) is 24.3 Å². The van der Waals surface area contributed by atoms with Crippen molar-refractivity contribution in [3.63, 3.8) is 0 Å². The first-order valence-corrected chi connectivity index (χ1v) is 7.99. The van der Waals surface area contributed by atoms with E-state index in [0.29, 0.717) is 6.04 Å². The molecule has 2 N–H and O–H groups in total. The molecule has 1 aromatic rings. The van der Waals surface area contributed by atoms with Crippen LogP contribution in [0.25, 0.3) is 0 Å². The van der Waals surface area contributed by atoms with Gasteiger partial charge in [0.25, 0.3) is 0 Å². The highest BCUT2D eigenvalue weighted by Crippen LogP contribution is 2.23. The molecule has 0 bridgehead atoms. The molecule has 112 valence electrons.